The van der Waals surface area contributed by atoms with E-state index in [1.165, 1.54) is 23.5 Å². The first-order valence-corrected chi connectivity index (χ1v) is 9.23. The van der Waals surface area contributed by atoms with E-state index < -0.39 is 0 Å². The first-order valence-electron chi connectivity index (χ1n) is 8.35. The number of hydrogen-bond acceptors (Lipinski definition) is 6. The van der Waals surface area contributed by atoms with Crippen LogP contribution >= 0.6 is 11.3 Å². The van der Waals surface area contributed by atoms with Crippen LogP contribution in [-0.2, 0) is 13.1 Å². The van der Waals surface area contributed by atoms with Crippen molar-refractivity contribution in [1.82, 2.24) is 10.3 Å². The zero-order valence-electron chi connectivity index (χ0n) is 15.4. The van der Waals surface area contributed by atoms with Crippen LogP contribution < -0.4 is 19.5 Å². The van der Waals surface area contributed by atoms with Crippen LogP contribution in [0.25, 0.3) is 10.6 Å². The molecule has 1 heterocycles. The van der Waals surface area contributed by atoms with E-state index in [4.69, 9.17) is 14.2 Å². The van der Waals surface area contributed by atoms with Gasteiger partial charge in [-0.05, 0) is 30.3 Å². The molecular weight excluding hydrogens is 367 g/mol. The van der Waals surface area contributed by atoms with Crippen molar-refractivity contribution in [3.05, 3.63) is 58.9 Å². The topological polar surface area (TPSA) is 52.6 Å². The summed E-state index contributed by atoms with van der Waals surface area (Å²) in [6.45, 7) is 1.20. The SMILES string of the molecule is COc1ccc(CNCc2csc(-c3ccc(F)cc3)n2)c(OC)c1OC. The quantitative estimate of drug-likeness (QED) is 0.625. The zero-order valence-corrected chi connectivity index (χ0v) is 16.2. The number of benzene rings is 2. The highest BCUT2D eigenvalue weighted by Gasteiger charge is 2.15. The Kier molecular flexibility index (Phi) is 6.26. The van der Waals surface area contributed by atoms with Crippen LogP contribution in [0.1, 0.15) is 11.3 Å². The summed E-state index contributed by atoms with van der Waals surface area (Å²) >= 11 is 1.54. The van der Waals surface area contributed by atoms with Gasteiger partial charge in [0.05, 0.1) is 27.0 Å². The van der Waals surface area contributed by atoms with E-state index in [1.807, 2.05) is 17.5 Å². The van der Waals surface area contributed by atoms with Gasteiger partial charge in [0.1, 0.15) is 10.8 Å². The van der Waals surface area contributed by atoms with Crippen molar-refractivity contribution < 1.29 is 18.6 Å². The van der Waals surface area contributed by atoms with Crippen molar-refractivity contribution in [2.45, 2.75) is 13.1 Å². The van der Waals surface area contributed by atoms with Crippen molar-refractivity contribution in [2.75, 3.05) is 21.3 Å². The summed E-state index contributed by atoms with van der Waals surface area (Å²) in [5, 5.41) is 6.23. The van der Waals surface area contributed by atoms with Crippen LogP contribution in [0.2, 0.25) is 0 Å². The van der Waals surface area contributed by atoms with Crippen molar-refractivity contribution in [3.8, 4) is 27.8 Å². The fourth-order valence-corrected chi connectivity index (χ4v) is 3.57. The third-order valence-electron chi connectivity index (χ3n) is 4.05. The molecule has 0 aliphatic carbocycles. The van der Waals surface area contributed by atoms with Gasteiger partial charge in [-0.25, -0.2) is 9.37 Å². The molecule has 3 aromatic rings. The average molecular weight is 388 g/mol. The summed E-state index contributed by atoms with van der Waals surface area (Å²) in [5.41, 5.74) is 2.80. The normalized spacial score (nSPS) is 10.7. The number of rotatable bonds is 8. The Hall–Kier alpha value is -2.64. The van der Waals surface area contributed by atoms with Gasteiger partial charge >= 0.3 is 0 Å². The number of halogens is 1. The van der Waals surface area contributed by atoms with Crippen molar-refractivity contribution >= 4 is 11.3 Å². The van der Waals surface area contributed by atoms with Crippen molar-refractivity contribution in [2.24, 2.45) is 0 Å². The number of methoxy groups -OCH3 is 3. The molecule has 1 aromatic heterocycles. The van der Waals surface area contributed by atoms with Gasteiger partial charge < -0.3 is 19.5 Å². The molecule has 0 aliphatic heterocycles. The summed E-state index contributed by atoms with van der Waals surface area (Å²) in [6.07, 6.45) is 0. The maximum atomic E-state index is 13.0. The molecule has 0 saturated carbocycles. The molecule has 2 aromatic carbocycles. The zero-order chi connectivity index (χ0) is 19.2. The summed E-state index contributed by atoms with van der Waals surface area (Å²) in [4.78, 5) is 4.60. The third-order valence-corrected chi connectivity index (χ3v) is 4.99. The Morgan fingerprint density at radius 2 is 1.67 bits per heavy atom. The Morgan fingerprint density at radius 1 is 0.926 bits per heavy atom. The van der Waals surface area contributed by atoms with Crippen molar-refractivity contribution in [1.29, 1.82) is 0 Å². The largest absolute Gasteiger partial charge is 0.493 e. The highest BCUT2D eigenvalue weighted by molar-refractivity contribution is 7.13. The smallest absolute Gasteiger partial charge is 0.203 e. The fourth-order valence-electron chi connectivity index (χ4n) is 2.74. The van der Waals surface area contributed by atoms with E-state index in [1.54, 1.807) is 33.5 Å². The minimum atomic E-state index is -0.249. The van der Waals surface area contributed by atoms with Gasteiger partial charge in [0.25, 0.3) is 0 Å². The number of thiazole rings is 1. The lowest BCUT2D eigenvalue weighted by Crippen LogP contribution is -2.14. The van der Waals surface area contributed by atoms with E-state index in [2.05, 4.69) is 10.3 Å². The Labute approximate surface area is 161 Å². The maximum Gasteiger partial charge on any atom is 0.203 e. The second kappa shape index (κ2) is 8.83. The summed E-state index contributed by atoms with van der Waals surface area (Å²) in [6, 6.07) is 10.2. The maximum absolute atomic E-state index is 13.0. The first-order chi connectivity index (χ1) is 13.2. The van der Waals surface area contributed by atoms with Gasteiger partial charge in [-0.15, -0.1) is 11.3 Å². The van der Waals surface area contributed by atoms with Crippen LogP contribution in [0.3, 0.4) is 0 Å². The van der Waals surface area contributed by atoms with Gasteiger partial charge in [0.2, 0.25) is 5.75 Å². The highest BCUT2D eigenvalue weighted by atomic mass is 32.1. The van der Waals surface area contributed by atoms with Crippen LogP contribution in [0.15, 0.2) is 41.8 Å². The van der Waals surface area contributed by atoms with Crippen molar-refractivity contribution in [3.63, 3.8) is 0 Å². The number of aromatic nitrogens is 1. The standard InChI is InChI=1S/C20H21FN2O3S/c1-24-17-9-6-14(18(25-2)19(17)26-3)10-22-11-16-12-27-20(23-16)13-4-7-15(21)8-5-13/h4-9,12,22H,10-11H2,1-3H3. The fraction of sp³-hybridized carbons (Fsp3) is 0.250. The van der Waals surface area contributed by atoms with E-state index in [0.717, 1.165) is 21.8 Å². The predicted octanol–water partition coefficient (Wildman–Crippen LogP) is 4.26. The van der Waals surface area contributed by atoms with E-state index in [9.17, 15) is 4.39 Å². The molecule has 142 valence electrons. The van der Waals surface area contributed by atoms with Crippen LogP contribution in [0.4, 0.5) is 4.39 Å². The Morgan fingerprint density at radius 3 is 2.33 bits per heavy atom. The third kappa shape index (κ3) is 4.37. The molecule has 0 saturated heterocycles. The van der Waals surface area contributed by atoms with Gasteiger partial charge in [-0.1, -0.05) is 6.07 Å². The summed E-state index contributed by atoms with van der Waals surface area (Å²) < 4.78 is 29.3. The molecule has 7 heteroatoms. The molecule has 0 amide bonds. The number of ether oxygens (including phenoxy) is 3. The van der Waals surface area contributed by atoms with Gasteiger partial charge in [-0.3, -0.25) is 0 Å². The Bertz CT molecular complexity index is 897. The number of nitrogens with one attached hydrogen (secondary N) is 1. The minimum absolute atomic E-state index is 0.249. The number of hydrogen-bond donors (Lipinski definition) is 1. The molecule has 0 aliphatic rings. The monoisotopic (exact) mass is 388 g/mol. The molecule has 3 rings (SSSR count). The molecular formula is C20H21FN2O3S. The second-order valence-electron chi connectivity index (χ2n) is 5.75. The Balaban J connectivity index is 1.66. The lowest BCUT2D eigenvalue weighted by atomic mass is 10.1. The van der Waals surface area contributed by atoms with Gasteiger partial charge in [0.15, 0.2) is 11.5 Å². The summed E-state index contributed by atoms with van der Waals surface area (Å²) in [7, 11) is 4.79. The molecule has 0 radical (unpaired) electrons. The van der Waals surface area contributed by atoms with Gasteiger partial charge in [0, 0.05) is 29.6 Å². The molecule has 27 heavy (non-hydrogen) atoms. The second-order valence-corrected chi connectivity index (χ2v) is 6.61. The van der Waals surface area contributed by atoms with Gasteiger partial charge in [-0.2, -0.15) is 0 Å². The lowest BCUT2D eigenvalue weighted by molar-refractivity contribution is 0.321. The first kappa shape index (κ1) is 19.1. The summed E-state index contributed by atoms with van der Waals surface area (Å²) in [5.74, 6) is 1.60. The van der Waals surface area contributed by atoms with E-state index in [0.29, 0.717) is 30.3 Å². The van der Waals surface area contributed by atoms with E-state index in [-0.39, 0.29) is 5.82 Å². The van der Waals surface area contributed by atoms with Crippen LogP contribution in [0, 0.1) is 5.82 Å². The molecule has 0 atom stereocenters. The molecule has 5 nitrogen and oxygen atoms in total. The highest BCUT2D eigenvalue weighted by Crippen LogP contribution is 2.39. The minimum Gasteiger partial charge on any atom is -0.493 e. The molecule has 0 spiro atoms. The molecule has 1 N–H and O–H groups in total. The predicted molar refractivity (Wildman–Crippen MR) is 104 cm³/mol. The molecule has 0 fully saturated rings. The van der Waals surface area contributed by atoms with Crippen LogP contribution in [-0.4, -0.2) is 26.3 Å². The van der Waals surface area contributed by atoms with Crippen LogP contribution in [0.5, 0.6) is 17.2 Å². The molecule has 0 bridgehead atoms. The number of nitrogens with zero attached hydrogens (tertiary/aromatic N) is 1. The lowest BCUT2D eigenvalue weighted by Gasteiger charge is -2.15. The average Bonchev–Trinajstić information content (AvgIpc) is 3.16. The molecule has 0 unspecified atom stereocenters. The van der Waals surface area contributed by atoms with E-state index >= 15 is 0 Å².